The van der Waals surface area contributed by atoms with E-state index < -0.39 is 0 Å². The smallest absolute Gasteiger partial charge is 0.225 e. The molecule has 1 heterocycles. The number of carbonyl (C=O) groups excluding carboxylic acids is 1. The lowest BCUT2D eigenvalue weighted by molar-refractivity contribution is -0.117. The molecule has 1 aromatic heterocycles. The van der Waals surface area contributed by atoms with Crippen molar-refractivity contribution in [3.8, 4) is 11.8 Å². The number of hydrogen-bond donors (Lipinski definition) is 2. The van der Waals surface area contributed by atoms with Crippen molar-refractivity contribution in [3.05, 3.63) is 23.9 Å². The SMILES string of the molecule is CC(CC(=O)Nc1cccc(C#CCO)n1)CC(C)(C)C. The van der Waals surface area contributed by atoms with E-state index in [9.17, 15) is 4.79 Å². The fraction of sp³-hybridized carbons (Fsp3) is 0.529. The summed E-state index contributed by atoms with van der Waals surface area (Å²) in [5.41, 5.74) is 0.752. The molecule has 0 aliphatic carbocycles. The van der Waals surface area contributed by atoms with Crippen LogP contribution in [0.1, 0.15) is 46.2 Å². The van der Waals surface area contributed by atoms with Crippen molar-refractivity contribution in [3.63, 3.8) is 0 Å². The molecule has 0 aliphatic heterocycles. The van der Waals surface area contributed by atoms with Crippen LogP contribution >= 0.6 is 0 Å². The Balaban J connectivity index is 2.59. The predicted molar refractivity (Wildman–Crippen MR) is 84.7 cm³/mol. The number of nitrogens with one attached hydrogen (secondary N) is 1. The summed E-state index contributed by atoms with van der Waals surface area (Å²) in [6.45, 7) is 8.40. The molecule has 0 aliphatic rings. The molecule has 0 radical (unpaired) electrons. The van der Waals surface area contributed by atoms with Crippen molar-refractivity contribution in [1.82, 2.24) is 4.98 Å². The maximum absolute atomic E-state index is 12.0. The third kappa shape index (κ3) is 7.48. The molecule has 0 aromatic carbocycles. The summed E-state index contributed by atoms with van der Waals surface area (Å²) in [7, 11) is 0. The molecule has 4 nitrogen and oxygen atoms in total. The minimum atomic E-state index is -0.206. The molecule has 4 heteroatoms. The van der Waals surface area contributed by atoms with Gasteiger partial charge in [0.15, 0.2) is 0 Å². The molecule has 1 rings (SSSR count). The van der Waals surface area contributed by atoms with Gasteiger partial charge in [0, 0.05) is 6.42 Å². The summed E-state index contributed by atoms with van der Waals surface area (Å²) in [5, 5.41) is 11.5. The van der Waals surface area contributed by atoms with Crippen LogP contribution in [0.25, 0.3) is 0 Å². The lowest BCUT2D eigenvalue weighted by Crippen LogP contribution is -2.19. The maximum atomic E-state index is 12.0. The van der Waals surface area contributed by atoms with Crippen LogP contribution in [0.4, 0.5) is 5.82 Å². The molecule has 114 valence electrons. The van der Waals surface area contributed by atoms with Crippen LogP contribution in [-0.4, -0.2) is 22.6 Å². The van der Waals surface area contributed by atoms with Crippen molar-refractivity contribution >= 4 is 11.7 Å². The van der Waals surface area contributed by atoms with E-state index in [1.54, 1.807) is 18.2 Å². The molecule has 1 unspecified atom stereocenters. The number of nitrogens with zero attached hydrogens (tertiary/aromatic N) is 1. The first kappa shape index (κ1) is 17.2. The van der Waals surface area contributed by atoms with E-state index in [2.05, 4.69) is 49.8 Å². The van der Waals surface area contributed by atoms with Crippen LogP contribution in [-0.2, 0) is 4.79 Å². The standard InChI is InChI=1S/C17H24N2O2/c1-13(12-17(2,3)4)11-16(21)19-15-9-5-7-14(18-15)8-6-10-20/h5,7,9,13,20H,10-12H2,1-4H3,(H,18,19,21). The average Bonchev–Trinajstić information content (AvgIpc) is 2.34. The van der Waals surface area contributed by atoms with Crippen molar-refractivity contribution in [2.75, 3.05) is 11.9 Å². The van der Waals surface area contributed by atoms with Gasteiger partial charge in [-0.2, -0.15) is 0 Å². The summed E-state index contributed by atoms with van der Waals surface area (Å²) in [5.74, 6) is 6.03. The fourth-order valence-corrected chi connectivity index (χ4v) is 2.33. The molecule has 0 saturated heterocycles. The van der Waals surface area contributed by atoms with Crippen molar-refractivity contribution in [1.29, 1.82) is 0 Å². The highest BCUT2D eigenvalue weighted by molar-refractivity contribution is 5.89. The summed E-state index contributed by atoms with van der Waals surface area (Å²) < 4.78 is 0. The summed E-state index contributed by atoms with van der Waals surface area (Å²) in [6.07, 6.45) is 1.47. The normalized spacial score (nSPS) is 12.2. The molecule has 0 fully saturated rings. The molecule has 0 spiro atoms. The van der Waals surface area contributed by atoms with Gasteiger partial charge in [-0.25, -0.2) is 4.98 Å². The van der Waals surface area contributed by atoms with E-state index in [1.165, 1.54) is 0 Å². The van der Waals surface area contributed by atoms with E-state index in [-0.39, 0.29) is 17.9 Å². The van der Waals surface area contributed by atoms with Crippen LogP contribution in [0.3, 0.4) is 0 Å². The topological polar surface area (TPSA) is 62.2 Å². The Morgan fingerprint density at radius 1 is 1.43 bits per heavy atom. The molecule has 1 aromatic rings. The number of amides is 1. The molecule has 21 heavy (non-hydrogen) atoms. The summed E-state index contributed by atoms with van der Waals surface area (Å²) in [4.78, 5) is 16.2. The van der Waals surface area contributed by atoms with Crippen LogP contribution in [0.15, 0.2) is 18.2 Å². The van der Waals surface area contributed by atoms with Crippen molar-refractivity contribution in [2.24, 2.45) is 11.3 Å². The van der Waals surface area contributed by atoms with Gasteiger partial charge >= 0.3 is 0 Å². The number of aromatic nitrogens is 1. The van der Waals surface area contributed by atoms with Gasteiger partial charge in [0.2, 0.25) is 5.91 Å². The number of rotatable bonds is 4. The van der Waals surface area contributed by atoms with E-state index in [1.807, 2.05) is 0 Å². The Morgan fingerprint density at radius 3 is 2.76 bits per heavy atom. The Hall–Kier alpha value is -1.86. The number of pyridine rings is 1. The first-order valence-corrected chi connectivity index (χ1v) is 7.17. The quantitative estimate of drug-likeness (QED) is 0.837. The van der Waals surface area contributed by atoms with Crippen molar-refractivity contribution < 1.29 is 9.90 Å². The van der Waals surface area contributed by atoms with Gasteiger partial charge in [-0.3, -0.25) is 4.79 Å². The van der Waals surface area contributed by atoms with Gasteiger partial charge in [-0.1, -0.05) is 39.7 Å². The molecular formula is C17H24N2O2. The third-order valence-electron chi connectivity index (χ3n) is 2.81. The Morgan fingerprint density at radius 2 is 2.14 bits per heavy atom. The molecule has 1 amide bonds. The molecule has 2 N–H and O–H groups in total. The zero-order valence-corrected chi connectivity index (χ0v) is 13.2. The van der Waals surface area contributed by atoms with Gasteiger partial charge in [0.1, 0.15) is 18.1 Å². The zero-order valence-electron chi connectivity index (χ0n) is 13.2. The largest absolute Gasteiger partial charge is 0.384 e. The van der Waals surface area contributed by atoms with Crippen LogP contribution in [0.5, 0.6) is 0 Å². The van der Waals surface area contributed by atoms with E-state index >= 15 is 0 Å². The van der Waals surface area contributed by atoms with E-state index in [4.69, 9.17) is 5.11 Å². The first-order chi connectivity index (χ1) is 9.80. The number of carbonyl (C=O) groups is 1. The minimum absolute atomic E-state index is 0.0356. The van der Waals surface area contributed by atoms with Gasteiger partial charge in [0.25, 0.3) is 0 Å². The highest BCUT2D eigenvalue weighted by Crippen LogP contribution is 2.26. The maximum Gasteiger partial charge on any atom is 0.225 e. The summed E-state index contributed by atoms with van der Waals surface area (Å²) in [6, 6.07) is 5.25. The molecule has 1 atom stereocenters. The van der Waals surface area contributed by atoms with E-state index in [0.29, 0.717) is 23.9 Å². The average molecular weight is 288 g/mol. The molecule has 0 saturated carbocycles. The Labute approximate surface area is 127 Å². The highest BCUT2D eigenvalue weighted by atomic mass is 16.2. The van der Waals surface area contributed by atoms with Crippen LogP contribution in [0, 0.1) is 23.2 Å². The van der Waals surface area contributed by atoms with Crippen LogP contribution in [0.2, 0.25) is 0 Å². The second kappa shape index (κ2) is 7.80. The predicted octanol–water partition coefficient (Wildman–Crippen LogP) is 2.83. The fourth-order valence-electron chi connectivity index (χ4n) is 2.33. The van der Waals surface area contributed by atoms with Gasteiger partial charge in [-0.05, 0) is 35.8 Å². The molecule has 0 bridgehead atoms. The van der Waals surface area contributed by atoms with Gasteiger partial charge in [0.05, 0.1) is 0 Å². The number of aliphatic hydroxyl groups excluding tert-OH is 1. The molecular weight excluding hydrogens is 264 g/mol. The number of hydrogen-bond acceptors (Lipinski definition) is 3. The number of anilines is 1. The van der Waals surface area contributed by atoms with Crippen LogP contribution < -0.4 is 5.32 Å². The summed E-state index contributed by atoms with van der Waals surface area (Å²) >= 11 is 0. The second-order valence-electron chi connectivity index (χ2n) is 6.49. The zero-order chi connectivity index (χ0) is 15.9. The Bertz CT molecular complexity index is 536. The highest BCUT2D eigenvalue weighted by Gasteiger charge is 2.17. The number of aliphatic hydroxyl groups is 1. The second-order valence-corrected chi connectivity index (χ2v) is 6.49. The monoisotopic (exact) mass is 288 g/mol. The van der Waals surface area contributed by atoms with Gasteiger partial charge < -0.3 is 10.4 Å². The van der Waals surface area contributed by atoms with Crippen molar-refractivity contribution in [2.45, 2.75) is 40.5 Å². The third-order valence-corrected chi connectivity index (χ3v) is 2.81. The van der Waals surface area contributed by atoms with E-state index in [0.717, 1.165) is 6.42 Å². The van der Waals surface area contributed by atoms with Gasteiger partial charge in [-0.15, -0.1) is 0 Å². The lowest BCUT2D eigenvalue weighted by Gasteiger charge is -2.22. The Kier molecular flexibility index (Phi) is 6.39. The minimum Gasteiger partial charge on any atom is -0.384 e. The first-order valence-electron chi connectivity index (χ1n) is 7.17. The lowest BCUT2D eigenvalue weighted by atomic mass is 9.84.